The van der Waals surface area contributed by atoms with Crippen molar-refractivity contribution in [2.75, 3.05) is 26.2 Å². The van der Waals surface area contributed by atoms with E-state index in [2.05, 4.69) is 15.9 Å². The Morgan fingerprint density at radius 3 is 2.33 bits per heavy atom. The summed E-state index contributed by atoms with van der Waals surface area (Å²) in [4.78, 5) is 1.49. The topological polar surface area (TPSA) is 41.8 Å². The van der Waals surface area contributed by atoms with Crippen molar-refractivity contribution in [3.05, 3.63) is 64.4 Å². The molecule has 0 spiro atoms. The highest BCUT2D eigenvalue weighted by Crippen LogP contribution is 2.24. The summed E-state index contributed by atoms with van der Waals surface area (Å²) in [7, 11) is -3.50. The molecule has 1 fully saturated rings. The number of quaternary nitrogens is 1. The van der Waals surface area contributed by atoms with Gasteiger partial charge in [-0.05, 0) is 34.1 Å². The number of halogens is 2. The number of hydrogen-bond donors (Lipinski definition) is 1. The lowest BCUT2D eigenvalue weighted by molar-refractivity contribution is -0.917. The maximum atomic E-state index is 13.8. The highest BCUT2D eigenvalue weighted by Gasteiger charge is 2.31. The third-order valence-corrected chi connectivity index (χ3v) is 7.19. The van der Waals surface area contributed by atoms with Gasteiger partial charge in [0.15, 0.2) is 0 Å². The molecule has 0 bridgehead atoms. The number of benzene rings is 2. The first-order valence-corrected chi connectivity index (χ1v) is 10.0. The van der Waals surface area contributed by atoms with Gasteiger partial charge < -0.3 is 4.90 Å². The summed E-state index contributed by atoms with van der Waals surface area (Å²) in [5.41, 5.74) is 0.676. The molecule has 128 valence electrons. The van der Waals surface area contributed by atoms with E-state index in [1.807, 2.05) is 6.07 Å². The van der Waals surface area contributed by atoms with E-state index in [0.29, 0.717) is 47.7 Å². The second kappa shape index (κ2) is 7.31. The molecule has 2 aromatic carbocycles. The maximum Gasteiger partial charge on any atom is 0.244 e. The van der Waals surface area contributed by atoms with E-state index in [1.165, 1.54) is 15.3 Å². The number of piperazine rings is 1. The van der Waals surface area contributed by atoms with E-state index in [-0.39, 0.29) is 5.82 Å². The summed E-state index contributed by atoms with van der Waals surface area (Å²) in [6.45, 7) is 2.78. The van der Waals surface area contributed by atoms with Crippen molar-refractivity contribution in [2.45, 2.75) is 11.4 Å². The Bertz CT molecular complexity index is 821. The van der Waals surface area contributed by atoms with Crippen molar-refractivity contribution in [3.8, 4) is 0 Å². The maximum absolute atomic E-state index is 13.8. The minimum atomic E-state index is -3.50. The third kappa shape index (κ3) is 3.69. The van der Waals surface area contributed by atoms with Crippen LogP contribution in [0.15, 0.2) is 57.9 Å². The molecule has 1 N–H and O–H groups in total. The van der Waals surface area contributed by atoms with Crippen LogP contribution in [-0.2, 0) is 16.6 Å². The molecule has 1 heterocycles. The van der Waals surface area contributed by atoms with Gasteiger partial charge in [-0.15, -0.1) is 0 Å². The highest BCUT2D eigenvalue weighted by atomic mass is 79.9. The molecule has 0 atom stereocenters. The molecule has 7 heteroatoms. The monoisotopic (exact) mass is 413 g/mol. The van der Waals surface area contributed by atoms with Gasteiger partial charge in [0.25, 0.3) is 0 Å². The van der Waals surface area contributed by atoms with Crippen LogP contribution in [0.5, 0.6) is 0 Å². The summed E-state index contributed by atoms with van der Waals surface area (Å²) < 4.78 is 41.3. The summed E-state index contributed by atoms with van der Waals surface area (Å²) in [5.74, 6) is -0.201. The van der Waals surface area contributed by atoms with E-state index in [9.17, 15) is 12.8 Å². The smallest absolute Gasteiger partial charge is 0.244 e. The molecule has 24 heavy (non-hydrogen) atoms. The van der Waals surface area contributed by atoms with Gasteiger partial charge in [0.1, 0.15) is 12.4 Å². The molecule has 0 aliphatic carbocycles. The van der Waals surface area contributed by atoms with Crippen LogP contribution in [0.25, 0.3) is 0 Å². The van der Waals surface area contributed by atoms with Crippen LogP contribution in [0.4, 0.5) is 4.39 Å². The molecule has 1 aliphatic heterocycles. The molecule has 1 aliphatic rings. The predicted octanol–water partition coefficient (Wildman–Crippen LogP) is 1.68. The van der Waals surface area contributed by atoms with E-state index < -0.39 is 10.0 Å². The van der Waals surface area contributed by atoms with Crippen LogP contribution < -0.4 is 4.90 Å². The lowest BCUT2D eigenvalue weighted by Crippen LogP contribution is -3.13. The van der Waals surface area contributed by atoms with Crippen LogP contribution in [0, 0.1) is 5.82 Å². The zero-order valence-electron chi connectivity index (χ0n) is 13.1. The molecule has 1 saturated heterocycles. The van der Waals surface area contributed by atoms with Crippen molar-refractivity contribution < 1.29 is 17.7 Å². The lowest BCUT2D eigenvalue weighted by Gasteiger charge is -2.31. The van der Waals surface area contributed by atoms with Crippen LogP contribution in [0.1, 0.15) is 5.56 Å². The van der Waals surface area contributed by atoms with Gasteiger partial charge >= 0.3 is 0 Å². The number of hydrogen-bond acceptors (Lipinski definition) is 2. The van der Waals surface area contributed by atoms with Gasteiger partial charge in [-0.1, -0.05) is 30.3 Å². The van der Waals surface area contributed by atoms with Gasteiger partial charge in [-0.2, -0.15) is 4.31 Å². The number of nitrogens with one attached hydrogen (secondary N) is 1. The Morgan fingerprint density at radius 2 is 1.67 bits per heavy atom. The van der Waals surface area contributed by atoms with Gasteiger partial charge in [-0.3, -0.25) is 0 Å². The van der Waals surface area contributed by atoms with Crippen LogP contribution >= 0.6 is 15.9 Å². The van der Waals surface area contributed by atoms with Crippen molar-refractivity contribution >= 4 is 26.0 Å². The second-order valence-corrected chi connectivity index (χ2v) is 8.61. The largest absolute Gasteiger partial charge is 0.329 e. The van der Waals surface area contributed by atoms with Crippen molar-refractivity contribution in [1.82, 2.24) is 4.31 Å². The Labute approximate surface area is 150 Å². The van der Waals surface area contributed by atoms with Crippen molar-refractivity contribution in [2.24, 2.45) is 0 Å². The molecule has 0 unspecified atom stereocenters. The normalized spacial score (nSPS) is 17.1. The fourth-order valence-corrected chi connectivity index (χ4v) is 5.33. The van der Waals surface area contributed by atoms with Gasteiger partial charge in [-0.25, -0.2) is 12.8 Å². The first kappa shape index (κ1) is 17.5. The van der Waals surface area contributed by atoms with Crippen LogP contribution in [0.3, 0.4) is 0 Å². The quantitative estimate of drug-likeness (QED) is 0.828. The molecule has 2 aromatic rings. The molecular formula is C17H19BrFN2O2S+. The zero-order valence-corrected chi connectivity index (χ0v) is 15.5. The molecular weight excluding hydrogens is 395 g/mol. The van der Waals surface area contributed by atoms with Crippen molar-refractivity contribution in [3.63, 3.8) is 0 Å². The fraction of sp³-hybridized carbons (Fsp3) is 0.294. The fourth-order valence-electron chi connectivity index (χ4n) is 2.92. The number of rotatable bonds is 4. The Hall–Kier alpha value is -1.28. The average Bonchev–Trinajstić information content (AvgIpc) is 2.58. The molecule has 4 nitrogen and oxygen atoms in total. The lowest BCUT2D eigenvalue weighted by atomic mass is 10.2. The van der Waals surface area contributed by atoms with E-state index in [0.717, 1.165) is 0 Å². The minimum absolute atomic E-state index is 0.201. The molecule has 0 aromatic heterocycles. The molecule has 0 saturated carbocycles. The van der Waals surface area contributed by atoms with Gasteiger partial charge in [0.2, 0.25) is 10.0 Å². The second-order valence-electron chi connectivity index (χ2n) is 5.85. The Kier molecular flexibility index (Phi) is 5.34. The average molecular weight is 414 g/mol. The Balaban J connectivity index is 1.67. The molecule has 3 rings (SSSR count). The molecule has 0 radical (unpaired) electrons. The zero-order chi connectivity index (χ0) is 17.2. The summed E-state index contributed by atoms with van der Waals surface area (Å²) in [6, 6.07) is 13.6. The number of sulfonamides is 1. The van der Waals surface area contributed by atoms with Crippen LogP contribution in [0.2, 0.25) is 0 Å². The van der Waals surface area contributed by atoms with E-state index >= 15 is 0 Å². The Morgan fingerprint density at radius 1 is 1.04 bits per heavy atom. The summed E-state index contributed by atoms with van der Waals surface area (Å²) >= 11 is 3.31. The van der Waals surface area contributed by atoms with E-state index in [4.69, 9.17) is 0 Å². The molecule has 0 amide bonds. The minimum Gasteiger partial charge on any atom is -0.329 e. The van der Waals surface area contributed by atoms with E-state index in [1.54, 1.807) is 36.4 Å². The first-order valence-electron chi connectivity index (χ1n) is 7.80. The third-order valence-electron chi connectivity index (χ3n) is 4.28. The van der Waals surface area contributed by atoms with Crippen LogP contribution in [-0.4, -0.2) is 38.9 Å². The first-order chi connectivity index (χ1) is 11.5. The van der Waals surface area contributed by atoms with Gasteiger partial charge in [0, 0.05) is 10.0 Å². The SMILES string of the molecule is O=S(=O)(c1ccccc1Br)N1CC[NH+](Cc2ccccc2F)CC1. The van der Waals surface area contributed by atoms with Crippen molar-refractivity contribution in [1.29, 1.82) is 0 Å². The standard InChI is InChI=1S/C17H18BrFN2O2S/c18-15-6-2-4-8-17(15)24(22,23)21-11-9-20(10-12-21)13-14-5-1-3-7-16(14)19/h1-8H,9-13H2/p+1. The summed E-state index contributed by atoms with van der Waals surface area (Å²) in [5, 5.41) is 0. The highest BCUT2D eigenvalue weighted by molar-refractivity contribution is 9.10. The summed E-state index contributed by atoms with van der Waals surface area (Å²) in [6.07, 6.45) is 0. The predicted molar refractivity (Wildman–Crippen MR) is 93.7 cm³/mol. The number of nitrogens with zero attached hydrogens (tertiary/aromatic N) is 1. The van der Waals surface area contributed by atoms with Gasteiger partial charge in [0.05, 0.1) is 31.1 Å².